The molecule has 0 saturated carbocycles. The molecule has 0 fully saturated rings. The number of aromatic nitrogens is 3. The summed E-state index contributed by atoms with van der Waals surface area (Å²) in [5.41, 5.74) is 0. The van der Waals surface area contributed by atoms with Crippen molar-refractivity contribution in [2.75, 3.05) is 31.9 Å². The third-order valence-corrected chi connectivity index (χ3v) is 2.66. The summed E-state index contributed by atoms with van der Waals surface area (Å²) in [6, 6.07) is 0.674. The van der Waals surface area contributed by atoms with Gasteiger partial charge in [0, 0.05) is 14.1 Å². The highest BCUT2D eigenvalue weighted by Crippen LogP contribution is 2.16. The van der Waals surface area contributed by atoms with E-state index in [1.165, 1.54) is 0 Å². The van der Waals surface area contributed by atoms with Crippen molar-refractivity contribution in [3.05, 3.63) is 0 Å². The zero-order chi connectivity index (χ0) is 10.1. The van der Waals surface area contributed by atoms with Crippen molar-refractivity contribution in [3.63, 3.8) is 0 Å². The lowest BCUT2D eigenvalue weighted by molar-refractivity contribution is -0.723. The van der Waals surface area contributed by atoms with E-state index in [4.69, 9.17) is 4.74 Å². The van der Waals surface area contributed by atoms with Crippen molar-refractivity contribution >= 4 is 17.7 Å². The molecule has 1 aromatic heterocycles. The van der Waals surface area contributed by atoms with Gasteiger partial charge in [0.15, 0.2) is 0 Å². The van der Waals surface area contributed by atoms with Crippen LogP contribution in [0.2, 0.25) is 0 Å². The Morgan fingerprint density at radius 3 is 2.86 bits per heavy atom. The Bertz CT molecular complexity index is 355. The standard InChI is InChI=1S/C8H13N4OS/c1-11(2)6-9-7-12(4-5-13-7)8(10-6)14-3/h4-5H2,1-3H3/q+1. The predicted octanol–water partition coefficient (Wildman–Crippen LogP) is -0.0556. The number of anilines is 1. The Kier molecular flexibility index (Phi) is 2.45. The van der Waals surface area contributed by atoms with Gasteiger partial charge in [0.1, 0.15) is 13.2 Å². The second kappa shape index (κ2) is 3.61. The number of ether oxygens (including phenoxy) is 1. The summed E-state index contributed by atoms with van der Waals surface area (Å²) < 4.78 is 7.40. The van der Waals surface area contributed by atoms with E-state index in [1.54, 1.807) is 11.8 Å². The summed E-state index contributed by atoms with van der Waals surface area (Å²) >= 11 is 1.61. The molecule has 0 bridgehead atoms. The summed E-state index contributed by atoms with van der Waals surface area (Å²) in [4.78, 5) is 10.6. The Morgan fingerprint density at radius 2 is 2.21 bits per heavy atom. The summed E-state index contributed by atoms with van der Waals surface area (Å²) in [5, 5.41) is 0.955. The number of rotatable bonds is 2. The van der Waals surface area contributed by atoms with E-state index in [2.05, 4.69) is 9.97 Å². The van der Waals surface area contributed by atoms with E-state index >= 15 is 0 Å². The minimum absolute atomic E-state index is 0.674. The molecule has 0 atom stereocenters. The summed E-state index contributed by atoms with van der Waals surface area (Å²) in [5.74, 6) is 0.697. The smallest absolute Gasteiger partial charge is 0.437 e. The molecule has 0 saturated heterocycles. The molecule has 0 unspecified atom stereocenters. The molecule has 1 aromatic rings. The van der Waals surface area contributed by atoms with Crippen molar-refractivity contribution < 1.29 is 9.30 Å². The number of fused-ring (bicyclic) bond motifs is 1. The molecule has 2 rings (SSSR count). The molecule has 0 radical (unpaired) electrons. The van der Waals surface area contributed by atoms with Gasteiger partial charge in [0.2, 0.25) is 0 Å². The fourth-order valence-electron chi connectivity index (χ4n) is 1.28. The Balaban J connectivity index is 2.49. The number of thioether (sulfide) groups is 1. The van der Waals surface area contributed by atoms with Gasteiger partial charge in [-0.1, -0.05) is 11.8 Å². The molecule has 0 N–H and O–H groups in total. The Hall–Kier alpha value is -1.04. The van der Waals surface area contributed by atoms with Crippen LogP contribution in [0.5, 0.6) is 6.01 Å². The first-order valence-corrected chi connectivity index (χ1v) is 5.61. The van der Waals surface area contributed by atoms with Crippen LogP contribution < -0.4 is 14.2 Å². The minimum Gasteiger partial charge on any atom is -0.437 e. The molecular formula is C8H13N4OS+. The van der Waals surface area contributed by atoms with Gasteiger partial charge in [-0.05, 0) is 16.2 Å². The van der Waals surface area contributed by atoms with Gasteiger partial charge in [-0.15, -0.1) is 0 Å². The van der Waals surface area contributed by atoms with Crippen molar-refractivity contribution in [2.45, 2.75) is 11.7 Å². The third kappa shape index (κ3) is 1.50. The normalized spacial score (nSPS) is 13.6. The van der Waals surface area contributed by atoms with Crippen LogP contribution in [-0.4, -0.2) is 36.9 Å². The predicted molar refractivity (Wildman–Crippen MR) is 53.8 cm³/mol. The molecule has 0 aromatic carbocycles. The van der Waals surface area contributed by atoms with Crippen LogP contribution in [0.15, 0.2) is 5.16 Å². The highest BCUT2D eigenvalue weighted by Gasteiger charge is 2.27. The topological polar surface area (TPSA) is 42.1 Å². The maximum absolute atomic E-state index is 5.40. The van der Waals surface area contributed by atoms with E-state index in [9.17, 15) is 0 Å². The maximum atomic E-state index is 5.40. The molecule has 6 heteroatoms. The summed E-state index contributed by atoms with van der Waals surface area (Å²) in [7, 11) is 3.84. The lowest BCUT2D eigenvalue weighted by atomic mass is 10.7. The molecule has 0 spiro atoms. The van der Waals surface area contributed by atoms with Gasteiger partial charge in [-0.3, -0.25) is 0 Å². The Labute approximate surface area is 87.1 Å². The van der Waals surface area contributed by atoms with Gasteiger partial charge >= 0.3 is 17.1 Å². The van der Waals surface area contributed by atoms with Crippen LogP contribution in [0.1, 0.15) is 0 Å². The lowest BCUT2D eigenvalue weighted by Crippen LogP contribution is -2.36. The second-order valence-corrected chi connectivity index (χ2v) is 3.96. The van der Waals surface area contributed by atoms with Gasteiger partial charge in [0.25, 0.3) is 0 Å². The van der Waals surface area contributed by atoms with Crippen LogP contribution in [0, 0.1) is 0 Å². The Morgan fingerprint density at radius 1 is 1.43 bits per heavy atom. The molecule has 0 aliphatic carbocycles. The molecular weight excluding hydrogens is 200 g/mol. The third-order valence-electron chi connectivity index (χ3n) is 1.98. The molecule has 14 heavy (non-hydrogen) atoms. The second-order valence-electron chi connectivity index (χ2n) is 3.19. The zero-order valence-corrected chi connectivity index (χ0v) is 9.34. The van der Waals surface area contributed by atoms with E-state index in [0.717, 1.165) is 11.7 Å². The van der Waals surface area contributed by atoms with Gasteiger partial charge in [0.05, 0.1) is 0 Å². The van der Waals surface area contributed by atoms with Crippen molar-refractivity contribution in [1.82, 2.24) is 9.97 Å². The van der Waals surface area contributed by atoms with Crippen molar-refractivity contribution in [3.8, 4) is 6.01 Å². The highest BCUT2D eigenvalue weighted by atomic mass is 32.2. The number of nitrogens with zero attached hydrogens (tertiary/aromatic N) is 4. The molecule has 1 aliphatic rings. The largest absolute Gasteiger partial charge is 0.439 e. The summed E-state index contributed by atoms with van der Waals surface area (Å²) in [6.45, 7) is 1.54. The van der Waals surface area contributed by atoms with Gasteiger partial charge in [-0.25, -0.2) is 0 Å². The van der Waals surface area contributed by atoms with E-state index in [-0.39, 0.29) is 0 Å². The van der Waals surface area contributed by atoms with Crippen molar-refractivity contribution in [2.24, 2.45) is 0 Å². The molecule has 5 nitrogen and oxygen atoms in total. The fraction of sp³-hybridized carbons (Fsp3) is 0.625. The van der Waals surface area contributed by atoms with Crippen molar-refractivity contribution in [1.29, 1.82) is 0 Å². The number of hydrogen-bond acceptors (Lipinski definition) is 5. The van der Waals surface area contributed by atoms with Crippen LogP contribution in [0.3, 0.4) is 0 Å². The van der Waals surface area contributed by atoms with E-state index < -0.39 is 0 Å². The van der Waals surface area contributed by atoms with Crippen LogP contribution in [-0.2, 0) is 6.54 Å². The molecule has 0 amide bonds. The monoisotopic (exact) mass is 213 g/mol. The first-order chi connectivity index (χ1) is 6.72. The molecule has 76 valence electrons. The van der Waals surface area contributed by atoms with Gasteiger partial charge in [-0.2, -0.15) is 4.57 Å². The number of hydrogen-bond donors (Lipinski definition) is 0. The first kappa shape index (κ1) is 9.51. The quantitative estimate of drug-likeness (QED) is 0.509. The minimum atomic E-state index is 0.674. The van der Waals surface area contributed by atoms with E-state index in [1.807, 2.05) is 29.8 Å². The van der Waals surface area contributed by atoms with Crippen LogP contribution >= 0.6 is 11.8 Å². The summed E-state index contributed by atoms with van der Waals surface area (Å²) in [6.07, 6.45) is 2.01. The van der Waals surface area contributed by atoms with Gasteiger partial charge < -0.3 is 9.64 Å². The fourth-order valence-corrected chi connectivity index (χ4v) is 1.85. The highest BCUT2D eigenvalue weighted by molar-refractivity contribution is 7.98. The lowest BCUT2D eigenvalue weighted by Gasteiger charge is -2.05. The first-order valence-electron chi connectivity index (χ1n) is 4.38. The SMILES string of the molecule is CSc1nc(N(C)C)nc2[n+]1CCO2. The van der Waals surface area contributed by atoms with Crippen LogP contribution in [0.4, 0.5) is 5.95 Å². The average Bonchev–Trinajstić information content (AvgIpc) is 2.63. The van der Waals surface area contributed by atoms with Crippen LogP contribution in [0.25, 0.3) is 0 Å². The zero-order valence-electron chi connectivity index (χ0n) is 8.52. The van der Waals surface area contributed by atoms with E-state index in [0.29, 0.717) is 18.6 Å². The average molecular weight is 213 g/mol. The molecule has 2 heterocycles. The molecule has 1 aliphatic heterocycles. The maximum Gasteiger partial charge on any atom is 0.439 e.